The largest absolute Gasteiger partial charge is 0.357 e. The van der Waals surface area contributed by atoms with Gasteiger partial charge >= 0.3 is 0 Å². The van der Waals surface area contributed by atoms with E-state index < -0.39 is 0 Å². The number of aryl methyl sites for hydroxylation is 2. The molecule has 2 N–H and O–H groups in total. The van der Waals surface area contributed by atoms with Gasteiger partial charge in [0.25, 0.3) is 0 Å². The zero-order valence-electron chi connectivity index (χ0n) is 16.0. The smallest absolute Gasteiger partial charge is 0.191 e. The number of halogens is 1. The first-order chi connectivity index (χ1) is 12.8. The first-order valence-electron chi connectivity index (χ1n) is 9.24. The summed E-state index contributed by atoms with van der Waals surface area (Å²) in [6.45, 7) is 7.52. The van der Waals surface area contributed by atoms with E-state index in [4.69, 9.17) is 0 Å². The van der Waals surface area contributed by atoms with Crippen LogP contribution in [-0.4, -0.2) is 28.6 Å². The van der Waals surface area contributed by atoms with Crippen molar-refractivity contribution >= 4 is 41.0 Å². The van der Waals surface area contributed by atoms with Crippen molar-refractivity contribution < 1.29 is 0 Å². The summed E-state index contributed by atoms with van der Waals surface area (Å²) >= 11 is 0. The van der Waals surface area contributed by atoms with Crippen molar-refractivity contribution in [3.63, 3.8) is 0 Å². The predicted molar refractivity (Wildman–Crippen MR) is 124 cm³/mol. The number of imidazole rings is 1. The molecule has 0 saturated carbocycles. The minimum absolute atomic E-state index is 0. The highest BCUT2D eigenvalue weighted by Crippen LogP contribution is 2.11. The molecule has 0 atom stereocenters. The molecule has 0 unspecified atom stereocenters. The fourth-order valence-corrected chi connectivity index (χ4v) is 2.85. The molecular formula is C21H28IN5. The minimum Gasteiger partial charge on any atom is -0.357 e. The lowest BCUT2D eigenvalue weighted by atomic mass is 10.1. The fraction of sp³-hybridized carbons (Fsp3) is 0.333. The third-order valence-electron chi connectivity index (χ3n) is 4.28. The lowest BCUT2D eigenvalue weighted by Crippen LogP contribution is -2.38. The van der Waals surface area contributed by atoms with Crippen LogP contribution >= 0.6 is 24.0 Å². The van der Waals surface area contributed by atoms with Gasteiger partial charge in [-0.05, 0) is 38.0 Å². The molecule has 27 heavy (non-hydrogen) atoms. The van der Waals surface area contributed by atoms with Crippen molar-refractivity contribution in [1.29, 1.82) is 0 Å². The van der Waals surface area contributed by atoms with E-state index in [9.17, 15) is 0 Å². The topological polar surface area (TPSA) is 54.2 Å². The lowest BCUT2D eigenvalue weighted by Gasteiger charge is -2.12. The van der Waals surface area contributed by atoms with Crippen LogP contribution < -0.4 is 10.6 Å². The van der Waals surface area contributed by atoms with Gasteiger partial charge in [-0.3, -0.25) is 0 Å². The standard InChI is InChI=1S/C21H27N5.HI/c1-3-22-21(24-15-18-11-9-17(2)10-12-18)23-13-6-14-26-16-25-19-7-4-5-8-20(19)26;/h4-5,7-12,16H,3,6,13-15H2,1-2H3,(H2,22,23,24);1H. The SMILES string of the molecule is CCNC(=NCc1ccc(C)cc1)NCCCn1cnc2ccccc21.I. The summed E-state index contributed by atoms with van der Waals surface area (Å²) in [7, 11) is 0. The molecular weight excluding hydrogens is 449 g/mol. The Morgan fingerprint density at radius 1 is 1.07 bits per heavy atom. The molecule has 5 nitrogen and oxygen atoms in total. The number of hydrogen-bond acceptors (Lipinski definition) is 2. The van der Waals surface area contributed by atoms with Crippen molar-refractivity contribution in [2.45, 2.75) is 33.4 Å². The van der Waals surface area contributed by atoms with Gasteiger partial charge in [0.15, 0.2) is 5.96 Å². The number of aliphatic imine (C=N–C) groups is 1. The van der Waals surface area contributed by atoms with Crippen LogP contribution in [0.15, 0.2) is 59.9 Å². The third-order valence-corrected chi connectivity index (χ3v) is 4.28. The van der Waals surface area contributed by atoms with E-state index in [1.54, 1.807) is 0 Å². The molecule has 3 rings (SSSR count). The summed E-state index contributed by atoms with van der Waals surface area (Å²) in [5, 5.41) is 6.73. The lowest BCUT2D eigenvalue weighted by molar-refractivity contribution is 0.637. The summed E-state index contributed by atoms with van der Waals surface area (Å²) in [4.78, 5) is 9.11. The molecule has 0 saturated heterocycles. The summed E-state index contributed by atoms with van der Waals surface area (Å²) in [5.41, 5.74) is 4.73. The first-order valence-corrected chi connectivity index (χ1v) is 9.24. The van der Waals surface area contributed by atoms with Crippen molar-refractivity contribution in [3.05, 3.63) is 66.0 Å². The summed E-state index contributed by atoms with van der Waals surface area (Å²) in [6, 6.07) is 16.8. The monoisotopic (exact) mass is 477 g/mol. The number of hydrogen-bond donors (Lipinski definition) is 2. The van der Waals surface area contributed by atoms with E-state index in [0.29, 0.717) is 6.54 Å². The van der Waals surface area contributed by atoms with Gasteiger partial charge in [0.2, 0.25) is 0 Å². The van der Waals surface area contributed by atoms with Gasteiger partial charge in [-0.2, -0.15) is 0 Å². The molecule has 0 aliphatic carbocycles. The molecule has 0 spiro atoms. The molecule has 3 aromatic rings. The Kier molecular flexibility index (Phi) is 8.57. The average Bonchev–Trinajstić information content (AvgIpc) is 3.07. The van der Waals surface area contributed by atoms with Crippen molar-refractivity contribution in [2.24, 2.45) is 4.99 Å². The molecule has 2 aromatic carbocycles. The number of para-hydroxylation sites is 2. The molecule has 0 bridgehead atoms. The molecule has 0 fully saturated rings. The highest BCUT2D eigenvalue weighted by atomic mass is 127. The Hall–Kier alpha value is -2.09. The van der Waals surface area contributed by atoms with Gasteiger partial charge in [-0.15, -0.1) is 24.0 Å². The number of guanidine groups is 1. The van der Waals surface area contributed by atoms with Crippen LogP contribution in [0.3, 0.4) is 0 Å². The minimum atomic E-state index is 0. The first kappa shape index (κ1) is 21.2. The second-order valence-electron chi connectivity index (χ2n) is 6.39. The zero-order valence-corrected chi connectivity index (χ0v) is 18.3. The highest BCUT2D eigenvalue weighted by molar-refractivity contribution is 14.0. The number of fused-ring (bicyclic) bond motifs is 1. The Bertz CT molecular complexity index is 854. The average molecular weight is 477 g/mol. The van der Waals surface area contributed by atoms with Gasteiger partial charge in [0.05, 0.1) is 23.9 Å². The van der Waals surface area contributed by atoms with Gasteiger partial charge in [0.1, 0.15) is 0 Å². The maximum Gasteiger partial charge on any atom is 0.191 e. The van der Waals surface area contributed by atoms with E-state index >= 15 is 0 Å². The highest BCUT2D eigenvalue weighted by Gasteiger charge is 2.02. The third kappa shape index (κ3) is 6.23. The molecule has 1 aromatic heterocycles. The molecule has 0 aliphatic heterocycles. The van der Waals surface area contributed by atoms with Gasteiger partial charge in [-0.1, -0.05) is 42.0 Å². The second kappa shape index (κ2) is 10.9. The Morgan fingerprint density at radius 2 is 1.85 bits per heavy atom. The quantitative estimate of drug-likeness (QED) is 0.233. The zero-order chi connectivity index (χ0) is 18.2. The molecule has 1 heterocycles. The Balaban J connectivity index is 0.00000261. The normalized spacial score (nSPS) is 11.3. The number of aromatic nitrogens is 2. The van der Waals surface area contributed by atoms with Crippen molar-refractivity contribution in [1.82, 2.24) is 20.2 Å². The van der Waals surface area contributed by atoms with Gasteiger partial charge in [0, 0.05) is 19.6 Å². The van der Waals surface area contributed by atoms with Crippen LogP contribution in [0.4, 0.5) is 0 Å². The van der Waals surface area contributed by atoms with Gasteiger partial charge in [-0.25, -0.2) is 9.98 Å². The van der Waals surface area contributed by atoms with Crippen LogP contribution in [0.2, 0.25) is 0 Å². The number of nitrogens with one attached hydrogen (secondary N) is 2. The van der Waals surface area contributed by atoms with Crippen molar-refractivity contribution in [2.75, 3.05) is 13.1 Å². The molecule has 6 heteroatoms. The van der Waals surface area contributed by atoms with E-state index in [-0.39, 0.29) is 24.0 Å². The maximum atomic E-state index is 4.67. The van der Waals surface area contributed by atoms with Crippen LogP contribution in [-0.2, 0) is 13.1 Å². The summed E-state index contributed by atoms with van der Waals surface area (Å²) < 4.78 is 2.20. The number of rotatable bonds is 7. The number of nitrogens with zero attached hydrogens (tertiary/aromatic N) is 3. The molecule has 144 valence electrons. The van der Waals surface area contributed by atoms with E-state index in [1.165, 1.54) is 16.6 Å². The van der Waals surface area contributed by atoms with Crippen molar-refractivity contribution in [3.8, 4) is 0 Å². The van der Waals surface area contributed by atoms with Gasteiger partial charge < -0.3 is 15.2 Å². The molecule has 0 amide bonds. The predicted octanol–water partition coefficient (Wildman–Crippen LogP) is 4.11. The fourth-order valence-electron chi connectivity index (χ4n) is 2.85. The Labute approximate surface area is 178 Å². The van der Waals surface area contributed by atoms with Crippen LogP contribution in [0.5, 0.6) is 0 Å². The molecule has 0 aliphatic rings. The van der Waals surface area contributed by atoms with E-state index in [0.717, 1.165) is 37.5 Å². The van der Waals surface area contributed by atoms with E-state index in [2.05, 4.69) is 75.4 Å². The van der Waals surface area contributed by atoms with Crippen LogP contribution in [0, 0.1) is 6.92 Å². The van der Waals surface area contributed by atoms with Crippen LogP contribution in [0.25, 0.3) is 11.0 Å². The Morgan fingerprint density at radius 3 is 2.63 bits per heavy atom. The van der Waals surface area contributed by atoms with Crippen LogP contribution in [0.1, 0.15) is 24.5 Å². The van der Waals surface area contributed by atoms with E-state index in [1.807, 2.05) is 18.5 Å². The second-order valence-corrected chi connectivity index (χ2v) is 6.39. The summed E-state index contributed by atoms with van der Waals surface area (Å²) in [5.74, 6) is 0.864. The maximum absolute atomic E-state index is 4.67. The molecule has 0 radical (unpaired) electrons. The summed E-state index contributed by atoms with van der Waals surface area (Å²) in [6.07, 6.45) is 2.93. The number of benzene rings is 2.